The molecule has 1 fully saturated rings. The zero-order valence-corrected chi connectivity index (χ0v) is 16.4. The van der Waals surface area contributed by atoms with Gasteiger partial charge in [0.05, 0.1) is 0 Å². The van der Waals surface area contributed by atoms with Gasteiger partial charge in [-0.15, -0.1) is 36.2 Å². The number of rotatable bonds is 1. The van der Waals surface area contributed by atoms with Crippen LogP contribution in [0.3, 0.4) is 0 Å². The molecule has 6 heteroatoms. The van der Waals surface area contributed by atoms with Crippen LogP contribution in [0.15, 0.2) is 30.3 Å². The van der Waals surface area contributed by atoms with E-state index < -0.39 is 0 Å². The Morgan fingerprint density at radius 2 is 1.75 bits per heavy atom. The first-order chi connectivity index (χ1) is 10.7. The van der Waals surface area contributed by atoms with Crippen LogP contribution < -0.4 is 5.32 Å². The number of piperazine rings is 1. The maximum atomic E-state index is 3.63. The number of nitrogens with one attached hydrogen (secondary N) is 1. The summed E-state index contributed by atoms with van der Waals surface area (Å²) in [5.74, 6) is 0. The molecule has 0 bridgehead atoms. The van der Waals surface area contributed by atoms with Gasteiger partial charge in [-0.2, -0.15) is 0 Å². The lowest BCUT2D eigenvalue weighted by molar-refractivity contribution is 0.208. The van der Waals surface area contributed by atoms with E-state index in [0.29, 0.717) is 0 Å². The number of benzene rings is 1. The summed E-state index contributed by atoms with van der Waals surface area (Å²) >= 11 is 1.85. The minimum absolute atomic E-state index is 0. The Labute approximate surface area is 160 Å². The SMILES string of the molecule is Cc1cc2c(s1)Nc1ccccc1C=C2N1CCN(C)CC1.Cl.Cl. The van der Waals surface area contributed by atoms with E-state index in [9.17, 15) is 0 Å². The van der Waals surface area contributed by atoms with Gasteiger partial charge >= 0.3 is 0 Å². The minimum atomic E-state index is 0. The lowest BCUT2D eigenvalue weighted by atomic mass is 10.1. The Bertz CT molecular complexity index is 734. The van der Waals surface area contributed by atoms with Crippen LogP contribution in [0.4, 0.5) is 10.7 Å². The fraction of sp³-hybridized carbons (Fsp3) is 0.333. The molecule has 1 aromatic heterocycles. The van der Waals surface area contributed by atoms with E-state index in [0.717, 1.165) is 26.2 Å². The number of para-hydroxylation sites is 1. The molecule has 2 aliphatic heterocycles. The molecule has 0 saturated carbocycles. The van der Waals surface area contributed by atoms with Crippen molar-refractivity contribution < 1.29 is 0 Å². The Balaban J connectivity index is 0.00000104. The van der Waals surface area contributed by atoms with Gasteiger partial charge < -0.3 is 15.1 Å². The third kappa shape index (κ3) is 3.57. The van der Waals surface area contributed by atoms with Crippen LogP contribution in [-0.4, -0.2) is 43.0 Å². The molecule has 0 unspecified atom stereocenters. The zero-order valence-electron chi connectivity index (χ0n) is 13.9. The first-order valence-electron chi connectivity index (χ1n) is 7.83. The van der Waals surface area contributed by atoms with Crippen molar-refractivity contribution in [3.8, 4) is 0 Å². The number of thiophene rings is 1. The van der Waals surface area contributed by atoms with E-state index in [1.165, 1.54) is 32.4 Å². The lowest BCUT2D eigenvalue weighted by Crippen LogP contribution is -2.43. The lowest BCUT2D eigenvalue weighted by Gasteiger charge is -2.35. The third-order valence-electron chi connectivity index (χ3n) is 4.48. The number of fused-ring (bicyclic) bond motifs is 2. The van der Waals surface area contributed by atoms with Crippen molar-refractivity contribution in [3.63, 3.8) is 0 Å². The normalized spacial score (nSPS) is 16.6. The summed E-state index contributed by atoms with van der Waals surface area (Å²) in [5.41, 5.74) is 5.19. The van der Waals surface area contributed by atoms with Gasteiger partial charge in [-0.3, -0.25) is 0 Å². The second-order valence-corrected chi connectivity index (χ2v) is 7.39. The number of halogens is 2. The van der Waals surface area contributed by atoms with E-state index in [1.54, 1.807) is 0 Å². The molecule has 3 nitrogen and oxygen atoms in total. The Morgan fingerprint density at radius 1 is 1.04 bits per heavy atom. The monoisotopic (exact) mass is 383 g/mol. The molecule has 1 N–H and O–H groups in total. The molecule has 2 aliphatic rings. The number of hydrogen-bond acceptors (Lipinski definition) is 4. The highest BCUT2D eigenvalue weighted by atomic mass is 35.5. The summed E-state index contributed by atoms with van der Waals surface area (Å²) in [6.45, 7) is 6.64. The second-order valence-electron chi connectivity index (χ2n) is 6.13. The molecular weight excluding hydrogens is 361 g/mol. The van der Waals surface area contributed by atoms with Crippen LogP contribution in [-0.2, 0) is 0 Å². The Hall–Kier alpha value is -1.20. The predicted molar refractivity (Wildman–Crippen MR) is 110 cm³/mol. The van der Waals surface area contributed by atoms with Gasteiger partial charge in [-0.05, 0) is 32.2 Å². The summed E-state index contributed by atoms with van der Waals surface area (Å²) < 4.78 is 0. The van der Waals surface area contributed by atoms with Gasteiger partial charge in [0, 0.05) is 53.6 Å². The highest BCUT2D eigenvalue weighted by Gasteiger charge is 2.23. The summed E-state index contributed by atoms with van der Waals surface area (Å²) in [5, 5.41) is 4.90. The maximum absolute atomic E-state index is 3.63. The quantitative estimate of drug-likeness (QED) is 0.769. The van der Waals surface area contributed by atoms with E-state index in [-0.39, 0.29) is 24.8 Å². The summed E-state index contributed by atoms with van der Waals surface area (Å²) in [6, 6.07) is 10.9. The average molecular weight is 384 g/mol. The number of likely N-dealkylation sites (N-methyl/N-ethyl adjacent to an activating group) is 1. The number of nitrogens with zero attached hydrogens (tertiary/aromatic N) is 2. The van der Waals surface area contributed by atoms with Crippen molar-refractivity contribution in [3.05, 3.63) is 46.3 Å². The van der Waals surface area contributed by atoms with E-state index in [1.807, 2.05) is 11.3 Å². The second kappa shape index (κ2) is 7.79. The van der Waals surface area contributed by atoms with Crippen molar-refractivity contribution in [1.29, 1.82) is 0 Å². The molecular formula is C18H23Cl2N3S. The smallest absolute Gasteiger partial charge is 0.102 e. The summed E-state index contributed by atoms with van der Waals surface area (Å²) in [4.78, 5) is 6.30. The van der Waals surface area contributed by atoms with Crippen LogP contribution >= 0.6 is 36.2 Å². The maximum Gasteiger partial charge on any atom is 0.102 e. The predicted octanol–water partition coefficient (Wildman–Crippen LogP) is 4.70. The van der Waals surface area contributed by atoms with Crippen LogP contribution in [0.5, 0.6) is 0 Å². The molecule has 0 amide bonds. The van der Waals surface area contributed by atoms with Gasteiger partial charge in [0.25, 0.3) is 0 Å². The van der Waals surface area contributed by atoms with Crippen LogP contribution in [0.1, 0.15) is 16.0 Å². The molecule has 4 rings (SSSR count). The molecule has 0 radical (unpaired) electrons. The average Bonchev–Trinajstić information content (AvgIpc) is 2.80. The van der Waals surface area contributed by atoms with E-state index >= 15 is 0 Å². The van der Waals surface area contributed by atoms with Crippen molar-refractivity contribution in [2.24, 2.45) is 0 Å². The van der Waals surface area contributed by atoms with Crippen molar-refractivity contribution >= 4 is 58.6 Å². The minimum Gasteiger partial charge on any atom is -0.368 e. The fourth-order valence-electron chi connectivity index (χ4n) is 3.19. The summed E-state index contributed by atoms with van der Waals surface area (Å²) in [6.07, 6.45) is 2.35. The Morgan fingerprint density at radius 3 is 2.50 bits per heavy atom. The van der Waals surface area contributed by atoms with Gasteiger partial charge in [0.15, 0.2) is 0 Å². The number of anilines is 2. The summed E-state index contributed by atoms with van der Waals surface area (Å²) in [7, 11) is 2.20. The molecule has 2 aromatic rings. The van der Waals surface area contributed by atoms with Gasteiger partial charge in [-0.1, -0.05) is 18.2 Å². The molecule has 0 aliphatic carbocycles. The molecule has 1 aromatic carbocycles. The largest absolute Gasteiger partial charge is 0.368 e. The molecule has 3 heterocycles. The molecule has 1 saturated heterocycles. The molecule has 0 atom stereocenters. The number of hydrogen-bond donors (Lipinski definition) is 1. The Kier molecular flexibility index (Phi) is 6.21. The van der Waals surface area contributed by atoms with Crippen LogP contribution in [0.25, 0.3) is 11.8 Å². The molecule has 0 spiro atoms. The first-order valence-corrected chi connectivity index (χ1v) is 8.64. The van der Waals surface area contributed by atoms with E-state index in [2.05, 4.69) is 65.5 Å². The first kappa shape index (κ1) is 19.1. The van der Waals surface area contributed by atoms with Gasteiger partial charge in [0.2, 0.25) is 0 Å². The fourth-order valence-corrected chi connectivity index (χ4v) is 4.12. The van der Waals surface area contributed by atoms with Crippen LogP contribution in [0, 0.1) is 6.92 Å². The number of aryl methyl sites for hydroxylation is 1. The highest BCUT2D eigenvalue weighted by molar-refractivity contribution is 7.16. The standard InChI is InChI=1S/C18H21N3S.2ClH/c1-13-11-15-17(21-9-7-20(2)8-10-21)12-14-5-3-4-6-16(14)19-18(15)22-13;;/h3-6,11-12,19H,7-10H2,1-2H3;2*1H. The highest BCUT2D eigenvalue weighted by Crippen LogP contribution is 2.41. The van der Waals surface area contributed by atoms with Crippen molar-refractivity contribution in [2.45, 2.75) is 6.92 Å². The van der Waals surface area contributed by atoms with Crippen LogP contribution in [0.2, 0.25) is 0 Å². The van der Waals surface area contributed by atoms with Gasteiger partial charge in [0.1, 0.15) is 5.00 Å². The topological polar surface area (TPSA) is 18.5 Å². The third-order valence-corrected chi connectivity index (χ3v) is 5.44. The zero-order chi connectivity index (χ0) is 15.1. The van der Waals surface area contributed by atoms with E-state index in [4.69, 9.17) is 0 Å². The molecule has 130 valence electrons. The van der Waals surface area contributed by atoms with Crippen molar-refractivity contribution in [2.75, 3.05) is 38.5 Å². The van der Waals surface area contributed by atoms with Gasteiger partial charge in [-0.25, -0.2) is 0 Å². The molecule has 24 heavy (non-hydrogen) atoms. The van der Waals surface area contributed by atoms with Crippen molar-refractivity contribution in [1.82, 2.24) is 9.80 Å².